The Kier molecular flexibility index (Phi) is 5.76. The van der Waals surface area contributed by atoms with Gasteiger partial charge in [0.25, 0.3) is 0 Å². The van der Waals surface area contributed by atoms with Gasteiger partial charge in [-0.3, -0.25) is 0 Å². The minimum atomic E-state index is -3.11. The predicted molar refractivity (Wildman–Crippen MR) is 54.7 cm³/mol. The molecule has 1 N–H and O–H groups in total. The zero-order chi connectivity index (χ0) is 10.3. The average Bonchev–Trinajstić information content (AvgIpc) is 2.00. The van der Waals surface area contributed by atoms with Crippen molar-refractivity contribution in [2.75, 3.05) is 5.75 Å². The molecule has 0 saturated heterocycles. The van der Waals surface area contributed by atoms with E-state index in [-0.39, 0.29) is 11.8 Å². The Balaban J connectivity index is 3.96. The lowest BCUT2D eigenvalue weighted by molar-refractivity contribution is 0.560. The molecule has 1 unspecified atom stereocenters. The second-order valence-corrected chi connectivity index (χ2v) is 4.97. The van der Waals surface area contributed by atoms with Crippen LogP contribution in [-0.2, 0) is 10.0 Å². The molecular formula is C9H17NO2S. The SMILES string of the molecule is C#CCC(C)NS(=O)(=O)CCCC. The van der Waals surface area contributed by atoms with Crippen molar-refractivity contribution in [2.45, 2.75) is 39.2 Å². The topological polar surface area (TPSA) is 46.2 Å². The first kappa shape index (κ1) is 12.5. The fourth-order valence-corrected chi connectivity index (χ4v) is 2.40. The number of nitrogens with one attached hydrogen (secondary N) is 1. The molecule has 0 aliphatic rings. The van der Waals surface area contributed by atoms with Crippen LogP contribution in [0.2, 0.25) is 0 Å². The Bertz CT molecular complexity index is 264. The maximum Gasteiger partial charge on any atom is 0.211 e. The summed E-state index contributed by atoms with van der Waals surface area (Å²) in [6.07, 6.45) is 7.07. The van der Waals surface area contributed by atoms with E-state index in [1.165, 1.54) is 0 Å². The molecule has 0 rings (SSSR count). The normalized spacial score (nSPS) is 13.6. The highest BCUT2D eigenvalue weighted by atomic mass is 32.2. The average molecular weight is 203 g/mol. The van der Waals surface area contributed by atoms with Crippen LogP contribution in [0.5, 0.6) is 0 Å². The second kappa shape index (κ2) is 6.01. The van der Waals surface area contributed by atoms with Gasteiger partial charge < -0.3 is 0 Å². The maximum absolute atomic E-state index is 11.3. The molecule has 0 aromatic rings. The molecule has 76 valence electrons. The molecule has 0 aromatic carbocycles. The summed E-state index contributed by atoms with van der Waals surface area (Å²) in [5.41, 5.74) is 0. The third kappa shape index (κ3) is 6.62. The lowest BCUT2D eigenvalue weighted by Crippen LogP contribution is -2.34. The van der Waals surface area contributed by atoms with E-state index >= 15 is 0 Å². The van der Waals surface area contributed by atoms with Gasteiger partial charge in [-0.25, -0.2) is 13.1 Å². The Morgan fingerprint density at radius 3 is 2.62 bits per heavy atom. The van der Waals surface area contributed by atoms with E-state index in [9.17, 15) is 8.42 Å². The molecular weight excluding hydrogens is 186 g/mol. The highest BCUT2D eigenvalue weighted by Crippen LogP contribution is 1.97. The summed E-state index contributed by atoms with van der Waals surface area (Å²) in [5, 5.41) is 0. The van der Waals surface area contributed by atoms with Crippen molar-refractivity contribution >= 4 is 10.0 Å². The minimum absolute atomic E-state index is 0.160. The van der Waals surface area contributed by atoms with Crippen molar-refractivity contribution < 1.29 is 8.42 Å². The first-order chi connectivity index (χ1) is 6.02. The summed E-state index contributed by atoms with van der Waals surface area (Å²) in [6.45, 7) is 3.73. The number of hydrogen-bond acceptors (Lipinski definition) is 2. The van der Waals surface area contributed by atoms with E-state index in [1.807, 2.05) is 6.92 Å². The van der Waals surface area contributed by atoms with Crippen molar-refractivity contribution in [2.24, 2.45) is 0 Å². The minimum Gasteiger partial charge on any atom is -0.212 e. The zero-order valence-corrected chi connectivity index (χ0v) is 9.02. The monoisotopic (exact) mass is 203 g/mol. The fourth-order valence-electron chi connectivity index (χ4n) is 0.918. The molecule has 0 bridgehead atoms. The zero-order valence-electron chi connectivity index (χ0n) is 8.21. The van der Waals surface area contributed by atoms with Crippen molar-refractivity contribution in [3.63, 3.8) is 0 Å². The van der Waals surface area contributed by atoms with Crippen LogP contribution in [0.3, 0.4) is 0 Å². The highest BCUT2D eigenvalue weighted by Gasteiger charge is 2.12. The highest BCUT2D eigenvalue weighted by molar-refractivity contribution is 7.89. The number of sulfonamides is 1. The van der Waals surface area contributed by atoms with Gasteiger partial charge in [-0.15, -0.1) is 12.3 Å². The second-order valence-electron chi connectivity index (χ2n) is 3.10. The number of terminal acetylenes is 1. The Morgan fingerprint density at radius 2 is 2.15 bits per heavy atom. The Hall–Kier alpha value is -0.530. The first-order valence-electron chi connectivity index (χ1n) is 4.45. The third-order valence-electron chi connectivity index (χ3n) is 1.57. The van der Waals surface area contributed by atoms with Gasteiger partial charge in [0.1, 0.15) is 0 Å². The lowest BCUT2D eigenvalue weighted by Gasteiger charge is -2.10. The van der Waals surface area contributed by atoms with Crippen LogP contribution in [0.15, 0.2) is 0 Å². The summed E-state index contributed by atoms with van der Waals surface area (Å²) in [4.78, 5) is 0. The van der Waals surface area contributed by atoms with Gasteiger partial charge in [0.15, 0.2) is 0 Å². The van der Waals surface area contributed by atoms with Crippen LogP contribution in [0.4, 0.5) is 0 Å². The molecule has 0 fully saturated rings. The molecule has 0 heterocycles. The van der Waals surface area contributed by atoms with E-state index in [1.54, 1.807) is 6.92 Å². The van der Waals surface area contributed by atoms with Gasteiger partial charge in [-0.1, -0.05) is 13.3 Å². The largest absolute Gasteiger partial charge is 0.212 e. The summed E-state index contributed by atoms with van der Waals surface area (Å²) in [6, 6.07) is -0.160. The number of unbranched alkanes of at least 4 members (excludes halogenated alkanes) is 1. The predicted octanol–water partition coefficient (Wildman–Crippen LogP) is 1.12. The Morgan fingerprint density at radius 1 is 1.54 bits per heavy atom. The van der Waals surface area contributed by atoms with Crippen LogP contribution in [0.25, 0.3) is 0 Å². The van der Waals surface area contributed by atoms with Crippen LogP contribution < -0.4 is 4.72 Å². The smallest absolute Gasteiger partial charge is 0.211 e. The quantitative estimate of drug-likeness (QED) is 0.657. The van der Waals surface area contributed by atoms with Gasteiger partial charge in [-0.05, 0) is 13.3 Å². The molecule has 1 atom stereocenters. The lowest BCUT2D eigenvalue weighted by atomic mass is 10.3. The maximum atomic E-state index is 11.3. The van der Waals surface area contributed by atoms with Gasteiger partial charge in [0.05, 0.1) is 5.75 Å². The third-order valence-corrected chi connectivity index (χ3v) is 3.16. The molecule has 0 aromatic heterocycles. The summed E-state index contributed by atoms with van der Waals surface area (Å²) >= 11 is 0. The van der Waals surface area contributed by atoms with Gasteiger partial charge in [0.2, 0.25) is 10.0 Å². The van der Waals surface area contributed by atoms with Crippen molar-refractivity contribution in [3.05, 3.63) is 0 Å². The Labute approximate surface area is 81.0 Å². The molecule has 0 aliphatic heterocycles. The van der Waals surface area contributed by atoms with Crippen molar-refractivity contribution in [1.29, 1.82) is 0 Å². The van der Waals surface area contributed by atoms with E-state index in [0.717, 1.165) is 6.42 Å². The van der Waals surface area contributed by atoms with Crippen molar-refractivity contribution in [3.8, 4) is 12.3 Å². The van der Waals surface area contributed by atoms with E-state index in [0.29, 0.717) is 12.8 Å². The van der Waals surface area contributed by atoms with Crippen LogP contribution in [0, 0.1) is 12.3 Å². The molecule has 0 aliphatic carbocycles. The van der Waals surface area contributed by atoms with Crippen LogP contribution in [-0.4, -0.2) is 20.2 Å². The molecule has 0 amide bonds. The van der Waals surface area contributed by atoms with Crippen LogP contribution in [0.1, 0.15) is 33.1 Å². The van der Waals surface area contributed by atoms with E-state index in [2.05, 4.69) is 10.6 Å². The standard InChI is InChI=1S/C9H17NO2S/c1-4-6-8-13(11,12)10-9(3)7-5-2/h2,9-10H,4,6-8H2,1,3H3. The number of rotatable bonds is 6. The summed E-state index contributed by atoms with van der Waals surface area (Å²) < 4.78 is 25.1. The van der Waals surface area contributed by atoms with Gasteiger partial charge >= 0.3 is 0 Å². The summed E-state index contributed by atoms with van der Waals surface area (Å²) in [7, 11) is -3.11. The summed E-state index contributed by atoms with van der Waals surface area (Å²) in [5.74, 6) is 2.61. The first-order valence-corrected chi connectivity index (χ1v) is 6.10. The van der Waals surface area contributed by atoms with Crippen molar-refractivity contribution in [1.82, 2.24) is 4.72 Å². The molecule has 0 spiro atoms. The van der Waals surface area contributed by atoms with Crippen LogP contribution >= 0.6 is 0 Å². The molecule has 3 nitrogen and oxygen atoms in total. The van der Waals surface area contributed by atoms with Gasteiger partial charge in [-0.2, -0.15) is 0 Å². The molecule has 0 saturated carbocycles. The van der Waals surface area contributed by atoms with E-state index < -0.39 is 10.0 Å². The number of hydrogen-bond donors (Lipinski definition) is 1. The van der Waals surface area contributed by atoms with E-state index in [4.69, 9.17) is 6.42 Å². The molecule has 13 heavy (non-hydrogen) atoms. The fraction of sp³-hybridized carbons (Fsp3) is 0.778. The molecule has 0 radical (unpaired) electrons. The molecule has 4 heteroatoms. The van der Waals surface area contributed by atoms with Gasteiger partial charge in [0, 0.05) is 12.5 Å².